The van der Waals surface area contributed by atoms with E-state index in [2.05, 4.69) is 48.9 Å². The Hall–Kier alpha value is -2.67. The van der Waals surface area contributed by atoms with Crippen molar-refractivity contribution in [2.24, 2.45) is 0 Å². The van der Waals surface area contributed by atoms with Gasteiger partial charge in [0.25, 0.3) is 0 Å². The number of aromatic hydroxyl groups is 2. The lowest BCUT2D eigenvalue weighted by Gasteiger charge is -2.30. The number of carbonyl (C=O) groups excluding carboxylic acids is 1. The van der Waals surface area contributed by atoms with Crippen LogP contribution in [0.4, 0.5) is 0 Å². The Labute approximate surface area is 203 Å². The number of likely N-dealkylation sites (tertiary alicyclic amines) is 1. The SMILES string of the molecule is O=C1C(=Cc2ccc(O)cc2Br)CN(Cc2ccccc2)CC1=Cc1ccc(O)cc1Br. The van der Waals surface area contributed by atoms with Gasteiger partial charge in [0.15, 0.2) is 5.78 Å². The van der Waals surface area contributed by atoms with Gasteiger partial charge in [-0.05, 0) is 53.1 Å². The maximum absolute atomic E-state index is 13.4. The van der Waals surface area contributed by atoms with E-state index in [1.54, 1.807) is 36.4 Å². The highest BCUT2D eigenvalue weighted by atomic mass is 79.9. The van der Waals surface area contributed by atoms with Crippen molar-refractivity contribution in [3.63, 3.8) is 0 Å². The van der Waals surface area contributed by atoms with Crippen molar-refractivity contribution in [1.82, 2.24) is 4.90 Å². The molecule has 0 unspecified atom stereocenters. The minimum absolute atomic E-state index is 0.00531. The van der Waals surface area contributed by atoms with Crippen molar-refractivity contribution in [2.45, 2.75) is 6.54 Å². The van der Waals surface area contributed by atoms with Gasteiger partial charge in [-0.15, -0.1) is 0 Å². The summed E-state index contributed by atoms with van der Waals surface area (Å²) in [6, 6.07) is 20.2. The molecule has 0 saturated carbocycles. The van der Waals surface area contributed by atoms with Crippen LogP contribution in [0.1, 0.15) is 16.7 Å². The minimum Gasteiger partial charge on any atom is -0.508 e. The molecule has 0 spiro atoms. The van der Waals surface area contributed by atoms with Gasteiger partial charge in [-0.1, -0.05) is 74.3 Å². The molecule has 32 heavy (non-hydrogen) atoms. The summed E-state index contributed by atoms with van der Waals surface area (Å²) in [4.78, 5) is 15.6. The van der Waals surface area contributed by atoms with E-state index in [0.29, 0.717) is 24.2 Å². The number of ketones is 1. The standard InChI is InChI=1S/C26H21Br2NO3/c27-24-12-22(30)8-6-18(24)10-20-15-29(14-17-4-2-1-3-5-17)16-21(26(20)32)11-19-7-9-23(31)13-25(19)28/h1-13,30-31H,14-16H2. The second-order valence-corrected chi connectivity index (χ2v) is 9.42. The zero-order valence-corrected chi connectivity index (χ0v) is 20.3. The van der Waals surface area contributed by atoms with Gasteiger partial charge in [-0.3, -0.25) is 9.69 Å². The molecule has 1 heterocycles. The molecule has 4 nitrogen and oxygen atoms in total. The largest absolute Gasteiger partial charge is 0.508 e. The summed E-state index contributed by atoms with van der Waals surface area (Å²) in [7, 11) is 0. The number of benzene rings is 3. The highest BCUT2D eigenvalue weighted by Crippen LogP contribution is 2.30. The van der Waals surface area contributed by atoms with Gasteiger partial charge in [0.05, 0.1) is 0 Å². The van der Waals surface area contributed by atoms with E-state index in [1.807, 2.05) is 30.4 Å². The molecule has 0 aliphatic carbocycles. The van der Waals surface area contributed by atoms with Crippen LogP contribution in [0.3, 0.4) is 0 Å². The van der Waals surface area contributed by atoms with E-state index in [9.17, 15) is 15.0 Å². The first-order chi connectivity index (χ1) is 15.4. The molecule has 2 N–H and O–H groups in total. The number of Topliss-reactive ketones (excluding diaryl/α,β-unsaturated/α-hetero) is 1. The molecule has 1 saturated heterocycles. The number of piperidine rings is 1. The number of hydrogen-bond donors (Lipinski definition) is 2. The number of nitrogens with zero attached hydrogens (tertiary/aromatic N) is 1. The molecule has 162 valence electrons. The zero-order valence-electron chi connectivity index (χ0n) is 17.1. The van der Waals surface area contributed by atoms with Crippen LogP contribution in [0, 0.1) is 0 Å². The maximum Gasteiger partial charge on any atom is 0.187 e. The fourth-order valence-corrected chi connectivity index (χ4v) is 4.67. The highest BCUT2D eigenvalue weighted by Gasteiger charge is 2.26. The molecular formula is C26H21Br2NO3. The van der Waals surface area contributed by atoms with Crippen LogP contribution >= 0.6 is 31.9 Å². The molecule has 1 fully saturated rings. The van der Waals surface area contributed by atoms with Gasteiger partial charge in [-0.2, -0.15) is 0 Å². The first-order valence-corrected chi connectivity index (χ1v) is 11.7. The quantitative estimate of drug-likeness (QED) is 0.378. The summed E-state index contributed by atoms with van der Waals surface area (Å²) in [5.41, 5.74) is 4.20. The van der Waals surface area contributed by atoms with Crippen LogP contribution in [-0.4, -0.2) is 34.0 Å². The second kappa shape index (κ2) is 9.86. The third-order valence-corrected chi connectivity index (χ3v) is 6.62. The predicted molar refractivity (Wildman–Crippen MR) is 134 cm³/mol. The summed E-state index contributed by atoms with van der Waals surface area (Å²) >= 11 is 6.95. The van der Waals surface area contributed by atoms with Gasteiger partial charge in [0.1, 0.15) is 11.5 Å². The van der Waals surface area contributed by atoms with Gasteiger partial charge < -0.3 is 10.2 Å². The molecule has 1 aliphatic rings. The molecule has 4 rings (SSSR count). The number of hydrogen-bond acceptors (Lipinski definition) is 4. The molecule has 0 aromatic heterocycles. The summed E-state index contributed by atoms with van der Waals surface area (Å²) in [5, 5.41) is 19.4. The third kappa shape index (κ3) is 5.38. The summed E-state index contributed by atoms with van der Waals surface area (Å²) in [5.74, 6) is 0.323. The van der Waals surface area contributed by atoms with Gasteiger partial charge in [0.2, 0.25) is 0 Å². The van der Waals surface area contributed by atoms with Crippen molar-refractivity contribution in [3.05, 3.63) is 104 Å². The lowest BCUT2D eigenvalue weighted by atomic mass is 9.94. The Morgan fingerprint density at radius 1 is 0.781 bits per heavy atom. The van der Waals surface area contributed by atoms with Crippen LogP contribution < -0.4 is 0 Å². The number of carbonyl (C=O) groups is 1. The van der Waals surface area contributed by atoms with Gasteiger partial charge in [-0.25, -0.2) is 0 Å². The maximum atomic E-state index is 13.4. The monoisotopic (exact) mass is 553 g/mol. The first kappa shape index (κ1) is 22.5. The number of rotatable bonds is 4. The van der Waals surface area contributed by atoms with E-state index in [0.717, 1.165) is 26.6 Å². The van der Waals surface area contributed by atoms with Crippen molar-refractivity contribution in [3.8, 4) is 11.5 Å². The Morgan fingerprint density at radius 3 is 1.75 bits per heavy atom. The van der Waals surface area contributed by atoms with E-state index in [1.165, 1.54) is 5.56 Å². The summed E-state index contributed by atoms with van der Waals surface area (Å²) in [6.07, 6.45) is 3.76. The third-order valence-electron chi connectivity index (χ3n) is 5.25. The van der Waals surface area contributed by atoms with Crippen LogP contribution in [0.5, 0.6) is 11.5 Å². The number of phenols is 2. The van der Waals surface area contributed by atoms with Crippen molar-refractivity contribution < 1.29 is 15.0 Å². The fourth-order valence-electron chi connectivity index (χ4n) is 3.70. The van der Waals surface area contributed by atoms with Crippen LogP contribution in [0.2, 0.25) is 0 Å². The van der Waals surface area contributed by atoms with E-state index < -0.39 is 0 Å². The lowest BCUT2D eigenvalue weighted by Crippen LogP contribution is -2.37. The normalized spacial score (nSPS) is 17.2. The van der Waals surface area contributed by atoms with E-state index >= 15 is 0 Å². The fraction of sp³-hybridized carbons (Fsp3) is 0.115. The molecule has 6 heteroatoms. The number of phenolic OH excluding ortho intramolecular Hbond substituents is 2. The Kier molecular flexibility index (Phi) is 6.94. The Bertz CT molecular complexity index is 1150. The molecule has 3 aromatic rings. The van der Waals surface area contributed by atoms with Crippen molar-refractivity contribution >= 4 is 49.8 Å². The van der Waals surface area contributed by atoms with Crippen molar-refractivity contribution in [2.75, 3.05) is 13.1 Å². The van der Waals surface area contributed by atoms with Crippen LogP contribution in [0.15, 0.2) is 86.8 Å². The summed E-state index contributed by atoms with van der Waals surface area (Å²) < 4.78 is 1.45. The number of halogens is 2. The summed E-state index contributed by atoms with van der Waals surface area (Å²) in [6.45, 7) is 1.76. The molecule has 0 radical (unpaired) electrons. The molecule has 0 atom stereocenters. The van der Waals surface area contributed by atoms with Crippen LogP contribution in [0.25, 0.3) is 12.2 Å². The van der Waals surface area contributed by atoms with Gasteiger partial charge in [0, 0.05) is 39.7 Å². The Morgan fingerprint density at radius 2 is 1.28 bits per heavy atom. The van der Waals surface area contributed by atoms with Crippen molar-refractivity contribution in [1.29, 1.82) is 0 Å². The van der Waals surface area contributed by atoms with Crippen LogP contribution in [-0.2, 0) is 11.3 Å². The van der Waals surface area contributed by atoms with Gasteiger partial charge >= 0.3 is 0 Å². The molecule has 0 amide bonds. The minimum atomic E-state index is -0.00531. The van der Waals surface area contributed by atoms with E-state index in [-0.39, 0.29) is 17.3 Å². The smallest absolute Gasteiger partial charge is 0.187 e. The molecular weight excluding hydrogens is 534 g/mol. The molecule has 1 aliphatic heterocycles. The highest BCUT2D eigenvalue weighted by molar-refractivity contribution is 9.10. The molecule has 0 bridgehead atoms. The zero-order chi connectivity index (χ0) is 22.7. The average molecular weight is 555 g/mol. The predicted octanol–water partition coefficient (Wildman–Crippen LogP) is 6.17. The molecule has 3 aromatic carbocycles. The lowest BCUT2D eigenvalue weighted by molar-refractivity contribution is -0.113. The average Bonchev–Trinajstić information content (AvgIpc) is 2.76. The second-order valence-electron chi connectivity index (χ2n) is 7.71. The Balaban J connectivity index is 1.72. The topological polar surface area (TPSA) is 60.8 Å². The van der Waals surface area contributed by atoms with E-state index in [4.69, 9.17) is 0 Å². The first-order valence-electron chi connectivity index (χ1n) is 10.1.